The van der Waals surface area contributed by atoms with E-state index >= 15 is 0 Å². The number of benzene rings is 2. The highest BCUT2D eigenvalue weighted by Crippen LogP contribution is 2.29. The van der Waals surface area contributed by atoms with Gasteiger partial charge in [0.2, 0.25) is 5.91 Å². The number of fused-ring (bicyclic) bond motifs is 1. The third kappa shape index (κ3) is 4.62. The quantitative estimate of drug-likeness (QED) is 0.351. The maximum atomic E-state index is 12.6. The van der Waals surface area contributed by atoms with Crippen LogP contribution in [0, 0.1) is 13.8 Å². The van der Waals surface area contributed by atoms with E-state index in [1.807, 2.05) is 62.4 Å². The molecule has 0 bridgehead atoms. The van der Waals surface area contributed by atoms with Gasteiger partial charge in [-0.15, -0.1) is 0 Å². The van der Waals surface area contributed by atoms with Crippen LogP contribution in [0.5, 0.6) is 0 Å². The molecule has 2 aromatic heterocycles. The molecule has 9 heteroatoms. The van der Waals surface area contributed by atoms with Crippen molar-refractivity contribution in [1.82, 2.24) is 25.1 Å². The normalized spacial score (nSPS) is 11.8. The molecule has 1 unspecified atom stereocenters. The van der Waals surface area contributed by atoms with Crippen molar-refractivity contribution in [2.24, 2.45) is 0 Å². The van der Waals surface area contributed by atoms with Crippen molar-refractivity contribution >= 4 is 40.4 Å². The summed E-state index contributed by atoms with van der Waals surface area (Å²) in [5.74, 6) is -0.417. The minimum atomic E-state index is -0.570. The Morgan fingerprint density at radius 1 is 1.06 bits per heavy atom. The first kappa shape index (κ1) is 21.5. The molecule has 0 fully saturated rings. The number of urea groups is 1. The van der Waals surface area contributed by atoms with E-state index in [1.165, 1.54) is 18.1 Å². The van der Waals surface area contributed by atoms with Gasteiger partial charge in [-0.2, -0.15) is 5.10 Å². The van der Waals surface area contributed by atoms with E-state index in [4.69, 9.17) is 0 Å². The molecule has 8 nitrogen and oxygen atoms in total. The molecule has 0 aliphatic rings. The number of hydrogen-bond donors (Lipinski definition) is 2. The van der Waals surface area contributed by atoms with Gasteiger partial charge in [-0.05, 0) is 44.5 Å². The lowest BCUT2D eigenvalue weighted by Gasteiger charge is -2.13. The molecule has 2 N–H and O–H groups in total. The van der Waals surface area contributed by atoms with Crippen molar-refractivity contribution in [3.05, 3.63) is 72.2 Å². The Hall–Kier alpha value is -3.72. The van der Waals surface area contributed by atoms with Crippen LogP contribution < -0.4 is 10.6 Å². The smallest absolute Gasteiger partial charge is 0.307 e. The highest BCUT2D eigenvalue weighted by molar-refractivity contribution is 8.00. The van der Waals surface area contributed by atoms with Crippen molar-refractivity contribution in [2.75, 3.05) is 5.32 Å². The first-order valence-electron chi connectivity index (χ1n) is 10.0. The van der Waals surface area contributed by atoms with Crippen LogP contribution in [-0.4, -0.2) is 36.9 Å². The summed E-state index contributed by atoms with van der Waals surface area (Å²) in [6, 6.07) is 14.8. The van der Waals surface area contributed by atoms with Gasteiger partial charge in [0.1, 0.15) is 11.4 Å². The number of amides is 3. The van der Waals surface area contributed by atoms with E-state index in [0.29, 0.717) is 16.4 Å². The number of thioether (sulfide) groups is 1. The number of hydrogen-bond acceptors (Lipinski definition) is 6. The van der Waals surface area contributed by atoms with Crippen molar-refractivity contribution < 1.29 is 9.59 Å². The maximum absolute atomic E-state index is 12.6. The van der Waals surface area contributed by atoms with Crippen molar-refractivity contribution in [3.8, 4) is 5.69 Å². The first-order valence-corrected chi connectivity index (χ1v) is 10.9. The van der Waals surface area contributed by atoms with Gasteiger partial charge in [-0.25, -0.2) is 19.4 Å². The summed E-state index contributed by atoms with van der Waals surface area (Å²) in [4.78, 5) is 33.6. The van der Waals surface area contributed by atoms with Crippen LogP contribution in [0.25, 0.3) is 16.7 Å². The topological polar surface area (TPSA) is 102 Å². The zero-order valence-electron chi connectivity index (χ0n) is 17.9. The summed E-state index contributed by atoms with van der Waals surface area (Å²) in [5, 5.41) is 10.3. The van der Waals surface area contributed by atoms with Gasteiger partial charge in [0.25, 0.3) is 0 Å². The molecule has 0 saturated heterocycles. The number of nitrogens with zero attached hydrogens (tertiary/aromatic N) is 4. The second-order valence-electron chi connectivity index (χ2n) is 7.33. The summed E-state index contributed by atoms with van der Waals surface area (Å²) in [7, 11) is 0. The molecule has 2 aromatic carbocycles. The van der Waals surface area contributed by atoms with Crippen LogP contribution in [0.1, 0.15) is 18.1 Å². The summed E-state index contributed by atoms with van der Waals surface area (Å²) < 4.78 is 1.73. The van der Waals surface area contributed by atoms with Crippen molar-refractivity contribution in [3.63, 3.8) is 0 Å². The van der Waals surface area contributed by atoms with E-state index in [0.717, 1.165) is 22.2 Å². The van der Waals surface area contributed by atoms with E-state index < -0.39 is 17.2 Å². The lowest BCUT2D eigenvalue weighted by molar-refractivity contribution is -0.119. The third-order valence-corrected chi connectivity index (χ3v) is 5.97. The lowest BCUT2D eigenvalue weighted by atomic mass is 10.1. The van der Waals surface area contributed by atoms with Crippen LogP contribution >= 0.6 is 11.8 Å². The fourth-order valence-corrected chi connectivity index (χ4v) is 4.10. The lowest BCUT2D eigenvalue weighted by Crippen LogP contribution is -2.39. The number of carbonyl (C=O) groups excluding carboxylic acids is 2. The molecule has 2 heterocycles. The van der Waals surface area contributed by atoms with Crippen LogP contribution in [-0.2, 0) is 4.79 Å². The number of anilines is 1. The predicted molar refractivity (Wildman–Crippen MR) is 125 cm³/mol. The Morgan fingerprint density at radius 3 is 2.59 bits per heavy atom. The number of para-hydroxylation sites is 1. The predicted octanol–water partition coefficient (Wildman–Crippen LogP) is 4.26. The summed E-state index contributed by atoms with van der Waals surface area (Å²) in [6.07, 6.45) is 3.13. The summed E-state index contributed by atoms with van der Waals surface area (Å²) in [6.45, 7) is 5.60. The molecule has 0 spiro atoms. The van der Waals surface area contributed by atoms with Crippen LogP contribution in [0.15, 0.2) is 66.1 Å². The van der Waals surface area contributed by atoms with E-state index in [2.05, 4.69) is 25.7 Å². The second kappa shape index (κ2) is 9.19. The number of nitrogens with one attached hydrogen (secondary N) is 2. The fraction of sp³-hybridized carbons (Fsp3) is 0.174. The van der Waals surface area contributed by atoms with Gasteiger partial charge < -0.3 is 5.32 Å². The molecule has 4 aromatic rings. The minimum absolute atomic E-state index is 0.417. The number of aromatic nitrogens is 4. The van der Waals surface area contributed by atoms with Gasteiger partial charge in [0, 0.05) is 5.69 Å². The average molecular weight is 447 g/mol. The Bertz CT molecular complexity index is 1290. The molecular weight excluding hydrogens is 424 g/mol. The zero-order valence-corrected chi connectivity index (χ0v) is 18.7. The van der Waals surface area contributed by atoms with Gasteiger partial charge >= 0.3 is 6.03 Å². The van der Waals surface area contributed by atoms with Crippen LogP contribution in [0.2, 0.25) is 0 Å². The van der Waals surface area contributed by atoms with Gasteiger partial charge in [0.15, 0.2) is 5.65 Å². The van der Waals surface area contributed by atoms with Gasteiger partial charge in [-0.1, -0.05) is 47.7 Å². The van der Waals surface area contributed by atoms with E-state index in [1.54, 1.807) is 17.8 Å². The fourth-order valence-electron chi connectivity index (χ4n) is 3.22. The van der Waals surface area contributed by atoms with E-state index in [9.17, 15) is 9.59 Å². The standard InChI is InChI=1S/C23H22N6O2S/c1-14-9-10-19(15(2)11-14)27-23(31)28-21(30)16(3)32-22-18-12-26-29(20(18)24-13-25-22)17-7-5-4-6-8-17/h4-13,16H,1-3H3,(H2,27,28,30,31). The first-order chi connectivity index (χ1) is 15.4. The molecule has 0 radical (unpaired) electrons. The molecule has 162 valence electrons. The molecule has 32 heavy (non-hydrogen) atoms. The summed E-state index contributed by atoms with van der Waals surface area (Å²) in [5.41, 5.74) is 4.21. The highest BCUT2D eigenvalue weighted by atomic mass is 32.2. The number of rotatable bonds is 5. The van der Waals surface area contributed by atoms with Crippen molar-refractivity contribution in [2.45, 2.75) is 31.0 Å². The maximum Gasteiger partial charge on any atom is 0.325 e. The third-order valence-electron chi connectivity index (χ3n) is 4.85. The Morgan fingerprint density at radius 2 is 1.84 bits per heavy atom. The van der Waals surface area contributed by atoms with Gasteiger partial charge in [-0.3, -0.25) is 10.1 Å². The molecule has 0 aliphatic carbocycles. The average Bonchev–Trinajstić information content (AvgIpc) is 3.21. The monoisotopic (exact) mass is 446 g/mol. The Balaban J connectivity index is 1.45. The van der Waals surface area contributed by atoms with Crippen LogP contribution in [0.3, 0.4) is 0 Å². The summed E-state index contributed by atoms with van der Waals surface area (Å²) >= 11 is 1.25. The van der Waals surface area contributed by atoms with Crippen molar-refractivity contribution in [1.29, 1.82) is 0 Å². The van der Waals surface area contributed by atoms with Gasteiger partial charge in [0.05, 0.1) is 22.5 Å². The highest BCUT2D eigenvalue weighted by Gasteiger charge is 2.20. The van der Waals surface area contributed by atoms with Crippen LogP contribution in [0.4, 0.5) is 10.5 Å². The largest absolute Gasteiger partial charge is 0.325 e. The molecule has 0 aliphatic heterocycles. The Labute approximate surface area is 189 Å². The number of aryl methyl sites for hydroxylation is 2. The Kier molecular flexibility index (Phi) is 6.18. The SMILES string of the molecule is Cc1ccc(NC(=O)NC(=O)C(C)Sc2ncnc3c2cnn3-c2ccccc2)c(C)c1. The number of carbonyl (C=O) groups is 2. The second-order valence-corrected chi connectivity index (χ2v) is 8.66. The zero-order chi connectivity index (χ0) is 22.7. The molecular formula is C23H22N6O2S. The molecule has 1 atom stereocenters. The minimum Gasteiger partial charge on any atom is -0.307 e. The molecule has 4 rings (SSSR count). The van der Waals surface area contributed by atoms with E-state index in [-0.39, 0.29) is 0 Å². The number of imide groups is 1. The molecule has 3 amide bonds. The molecule has 0 saturated carbocycles.